The van der Waals surface area contributed by atoms with Crippen molar-refractivity contribution < 1.29 is 9.26 Å². The van der Waals surface area contributed by atoms with E-state index >= 15 is 0 Å². The van der Waals surface area contributed by atoms with Gasteiger partial charge in [0.05, 0.1) is 23.8 Å². The van der Waals surface area contributed by atoms with Crippen molar-refractivity contribution in [2.75, 3.05) is 24.6 Å². The second-order valence-corrected chi connectivity index (χ2v) is 6.61. The van der Waals surface area contributed by atoms with E-state index in [4.69, 9.17) is 9.26 Å². The zero-order valence-electron chi connectivity index (χ0n) is 14.1. The maximum atomic E-state index is 9.24. The largest absolute Gasteiger partial charge is 0.493 e. The minimum atomic E-state index is 0.195. The minimum absolute atomic E-state index is 0.195. The summed E-state index contributed by atoms with van der Waals surface area (Å²) in [4.78, 5) is 6.75. The molecular formula is C20H16N4O2. The van der Waals surface area contributed by atoms with E-state index in [2.05, 4.69) is 27.2 Å². The molecule has 2 aromatic carbocycles. The van der Waals surface area contributed by atoms with Crippen LogP contribution in [-0.2, 0) is 6.42 Å². The number of hydrogen-bond donors (Lipinski definition) is 0. The topological polar surface area (TPSA) is 75.2 Å². The number of hydrogen-bond acceptors (Lipinski definition) is 6. The van der Waals surface area contributed by atoms with Crippen LogP contribution < -0.4 is 9.64 Å². The lowest BCUT2D eigenvalue weighted by molar-refractivity contribution is 0.329. The molecular weight excluding hydrogens is 328 g/mol. The van der Waals surface area contributed by atoms with Crippen molar-refractivity contribution in [2.45, 2.75) is 12.3 Å². The molecule has 0 radical (unpaired) electrons. The van der Waals surface area contributed by atoms with Gasteiger partial charge in [0, 0.05) is 25.1 Å². The second-order valence-electron chi connectivity index (χ2n) is 6.61. The molecule has 0 atom stereocenters. The smallest absolute Gasteiger partial charge is 0.233 e. The number of rotatable bonds is 3. The van der Waals surface area contributed by atoms with Gasteiger partial charge in [-0.05, 0) is 35.9 Å². The van der Waals surface area contributed by atoms with Crippen molar-refractivity contribution in [3.05, 3.63) is 59.5 Å². The zero-order valence-corrected chi connectivity index (χ0v) is 14.1. The van der Waals surface area contributed by atoms with E-state index < -0.39 is 0 Å². The standard InChI is InChI=1S/C20H16N4O2/c21-10-15-3-1-2-4-17(15)24-11-16(12-24)20-22-19(23-26-20)14-5-6-18-13(9-14)7-8-25-18/h1-6,9,16H,7-8,11-12H2. The molecule has 0 N–H and O–H groups in total. The Labute approximate surface area is 150 Å². The first kappa shape index (κ1) is 15.0. The summed E-state index contributed by atoms with van der Waals surface area (Å²) in [5, 5.41) is 13.4. The third-order valence-corrected chi connectivity index (χ3v) is 4.99. The van der Waals surface area contributed by atoms with Crippen LogP contribution in [0.4, 0.5) is 5.69 Å². The molecule has 0 aliphatic carbocycles. The van der Waals surface area contributed by atoms with Crippen molar-refractivity contribution in [3.8, 4) is 23.2 Å². The molecule has 0 bridgehead atoms. The number of para-hydroxylation sites is 1. The fraction of sp³-hybridized carbons (Fsp3) is 0.250. The van der Waals surface area contributed by atoms with Gasteiger partial charge in [-0.1, -0.05) is 17.3 Å². The summed E-state index contributed by atoms with van der Waals surface area (Å²) in [7, 11) is 0. The monoisotopic (exact) mass is 344 g/mol. The Bertz CT molecular complexity index is 1010. The van der Waals surface area contributed by atoms with Crippen LogP contribution in [-0.4, -0.2) is 29.8 Å². The highest BCUT2D eigenvalue weighted by atomic mass is 16.5. The summed E-state index contributed by atoms with van der Waals surface area (Å²) < 4.78 is 11.0. The summed E-state index contributed by atoms with van der Waals surface area (Å²) in [6.45, 7) is 2.29. The van der Waals surface area contributed by atoms with Gasteiger partial charge in [0.2, 0.25) is 11.7 Å². The Morgan fingerprint density at radius 1 is 1.15 bits per heavy atom. The summed E-state index contributed by atoms with van der Waals surface area (Å²) in [5.41, 5.74) is 3.80. The molecule has 0 amide bonds. The van der Waals surface area contributed by atoms with E-state index in [1.807, 2.05) is 36.4 Å². The van der Waals surface area contributed by atoms with E-state index in [1.165, 1.54) is 5.56 Å². The van der Waals surface area contributed by atoms with Crippen molar-refractivity contribution in [3.63, 3.8) is 0 Å². The lowest BCUT2D eigenvalue weighted by Crippen LogP contribution is -2.45. The fourth-order valence-electron chi connectivity index (χ4n) is 3.52. The summed E-state index contributed by atoms with van der Waals surface area (Å²) in [6, 6.07) is 15.9. The highest BCUT2D eigenvalue weighted by Crippen LogP contribution is 2.34. The van der Waals surface area contributed by atoms with Crippen LogP contribution in [0.15, 0.2) is 47.0 Å². The maximum Gasteiger partial charge on any atom is 0.233 e. The minimum Gasteiger partial charge on any atom is -0.493 e. The van der Waals surface area contributed by atoms with Gasteiger partial charge >= 0.3 is 0 Å². The third kappa shape index (κ3) is 2.40. The highest BCUT2D eigenvalue weighted by Gasteiger charge is 2.34. The van der Waals surface area contributed by atoms with Gasteiger partial charge in [-0.2, -0.15) is 10.2 Å². The second kappa shape index (κ2) is 5.88. The Kier molecular flexibility index (Phi) is 3.39. The molecule has 6 nitrogen and oxygen atoms in total. The van der Waals surface area contributed by atoms with Crippen molar-refractivity contribution in [2.24, 2.45) is 0 Å². The molecule has 6 heteroatoms. The molecule has 3 aromatic rings. The average molecular weight is 344 g/mol. The van der Waals surface area contributed by atoms with Gasteiger partial charge in [-0.25, -0.2) is 0 Å². The third-order valence-electron chi connectivity index (χ3n) is 4.99. The number of benzene rings is 2. The van der Waals surface area contributed by atoms with Crippen LogP contribution in [0, 0.1) is 11.3 Å². The SMILES string of the molecule is N#Cc1ccccc1N1CC(c2nc(-c3ccc4c(c3)CCO4)no2)C1. The number of ether oxygens (including phenoxy) is 1. The van der Waals surface area contributed by atoms with Gasteiger partial charge in [-0.15, -0.1) is 0 Å². The summed E-state index contributed by atoms with van der Waals surface area (Å²) in [5.74, 6) is 2.41. The van der Waals surface area contributed by atoms with Crippen LogP contribution in [0.5, 0.6) is 5.75 Å². The van der Waals surface area contributed by atoms with E-state index in [0.29, 0.717) is 17.3 Å². The number of fused-ring (bicyclic) bond motifs is 1. The molecule has 128 valence electrons. The lowest BCUT2D eigenvalue weighted by Gasteiger charge is -2.39. The maximum absolute atomic E-state index is 9.24. The molecule has 0 unspecified atom stereocenters. The first-order chi connectivity index (χ1) is 12.8. The Hall–Kier alpha value is -3.33. The molecule has 0 saturated carbocycles. The van der Waals surface area contributed by atoms with Crippen molar-refractivity contribution in [1.82, 2.24) is 10.1 Å². The number of nitriles is 1. The normalized spacial score (nSPS) is 15.9. The molecule has 1 fully saturated rings. The number of aromatic nitrogens is 2. The number of nitrogens with zero attached hydrogens (tertiary/aromatic N) is 4. The quantitative estimate of drug-likeness (QED) is 0.726. The van der Waals surface area contributed by atoms with Gasteiger partial charge in [0.1, 0.15) is 11.8 Å². The van der Waals surface area contributed by atoms with E-state index in [0.717, 1.165) is 43.1 Å². The van der Waals surface area contributed by atoms with Crippen molar-refractivity contribution >= 4 is 5.69 Å². The van der Waals surface area contributed by atoms with Crippen LogP contribution in [0.2, 0.25) is 0 Å². The van der Waals surface area contributed by atoms with E-state index in [1.54, 1.807) is 0 Å². The Morgan fingerprint density at radius 3 is 2.92 bits per heavy atom. The first-order valence-electron chi connectivity index (χ1n) is 8.65. The van der Waals surface area contributed by atoms with Crippen LogP contribution >= 0.6 is 0 Å². The van der Waals surface area contributed by atoms with Gasteiger partial charge < -0.3 is 14.2 Å². The molecule has 1 saturated heterocycles. The van der Waals surface area contributed by atoms with Gasteiger partial charge in [0.15, 0.2) is 0 Å². The van der Waals surface area contributed by atoms with E-state index in [9.17, 15) is 5.26 Å². The van der Waals surface area contributed by atoms with Gasteiger partial charge in [-0.3, -0.25) is 0 Å². The zero-order chi connectivity index (χ0) is 17.5. The Morgan fingerprint density at radius 2 is 2.04 bits per heavy atom. The molecule has 0 spiro atoms. The molecule has 1 aromatic heterocycles. The highest BCUT2D eigenvalue weighted by molar-refractivity contribution is 5.62. The fourth-order valence-corrected chi connectivity index (χ4v) is 3.52. The summed E-state index contributed by atoms with van der Waals surface area (Å²) >= 11 is 0. The molecule has 3 heterocycles. The average Bonchev–Trinajstić information content (AvgIpc) is 3.29. The predicted octanol–water partition coefficient (Wildman–Crippen LogP) is 3.15. The van der Waals surface area contributed by atoms with Crippen LogP contribution in [0.25, 0.3) is 11.4 Å². The first-order valence-corrected chi connectivity index (χ1v) is 8.65. The lowest BCUT2D eigenvalue weighted by atomic mass is 9.98. The van der Waals surface area contributed by atoms with E-state index in [-0.39, 0.29) is 5.92 Å². The molecule has 26 heavy (non-hydrogen) atoms. The summed E-state index contributed by atoms with van der Waals surface area (Å²) in [6.07, 6.45) is 0.920. The molecule has 2 aliphatic rings. The van der Waals surface area contributed by atoms with Gasteiger partial charge in [0.25, 0.3) is 0 Å². The Balaban J connectivity index is 1.32. The molecule has 2 aliphatic heterocycles. The van der Waals surface area contributed by atoms with Crippen molar-refractivity contribution in [1.29, 1.82) is 5.26 Å². The van der Waals surface area contributed by atoms with Crippen LogP contribution in [0.1, 0.15) is 22.9 Å². The number of anilines is 1. The molecule has 5 rings (SSSR count). The van der Waals surface area contributed by atoms with Crippen LogP contribution in [0.3, 0.4) is 0 Å². The predicted molar refractivity (Wildman–Crippen MR) is 95.0 cm³/mol.